The Balaban J connectivity index is 1.61. The van der Waals surface area contributed by atoms with Gasteiger partial charge in [-0.2, -0.15) is 5.10 Å². The number of benzene rings is 2. The first-order chi connectivity index (χ1) is 14.1. The molecule has 0 saturated heterocycles. The number of ether oxygens (including phenoxy) is 2. The fraction of sp³-hybridized carbons (Fsp3) is 0.238. The van der Waals surface area contributed by atoms with Crippen molar-refractivity contribution >= 4 is 23.2 Å². The molecule has 3 rings (SSSR count). The van der Waals surface area contributed by atoms with Crippen LogP contribution in [0.25, 0.3) is 11.0 Å². The molecule has 8 nitrogen and oxygen atoms in total. The van der Waals surface area contributed by atoms with Gasteiger partial charge in [0.15, 0.2) is 11.5 Å². The number of aromatic amines is 1. The second-order valence-corrected chi connectivity index (χ2v) is 6.13. The summed E-state index contributed by atoms with van der Waals surface area (Å²) in [5.41, 5.74) is 4.49. The van der Waals surface area contributed by atoms with Crippen molar-refractivity contribution in [2.75, 3.05) is 13.7 Å². The van der Waals surface area contributed by atoms with Crippen LogP contribution in [0.3, 0.4) is 0 Å². The highest BCUT2D eigenvalue weighted by Gasteiger charge is 2.09. The van der Waals surface area contributed by atoms with E-state index < -0.39 is 0 Å². The van der Waals surface area contributed by atoms with Crippen molar-refractivity contribution in [1.29, 1.82) is 0 Å². The highest BCUT2D eigenvalue weighted by Crippen LogP contribution is 2.29. The number of fused-ring (bicyclic) bond motifs is 1. The van der Waals surface area contributed by atoms with Gasteiger partial charge in [-0.25, -0.2) is 10.4 Å². The molecule has 0 aliphatic rings. The van der Waals surface area contributed by atoms with Crippen LogP contribution < -0.4 is 20.5 Å². The van der Waals surface area contributed by atoms with E-state index >= 15 is 0 Å². The van der Waals surface area contributed by atoms with Crippen LogP contribution in [0.5, 0.6) is 11.5 Å². The fourth-order valence-corrected chi connectivity index (χ4v) is 2.82. The van der Waals surface area contributed by atoms with Gasteiger partial charge in [0.05, 0.1) is 31.0 Å². The van der Waals surface area contributed by atoms with Crippen LogP contribution in [0.4, 0.5) is 0 Å². The number of H-pyrrole nitrogens is 1. The molecular formula is C21H22N4O4. The zero-order valence-electron chi connectivity index (χ0n) is 16.3. The second kappa shape index (κ2) is 9.50. The number of carbonyl (C=O) groups excluding carboxylic acids is 1. The number of para-hydroxylation sites is 3. The number of nitrogens with zero attached hydrogens (tertiary/aromatic N) is 2. The van der Waals surface area contributed by atoms with Crippen molar-refractivity contribution in [2.45, 2.75) is 19.8 Å². The monoisotopic (exact) mass is 394 g/mol. The van der Waals surface area contributed by atoms with E-state index in [9.17, 15) is 9.59 Å². The average Bonchev–Trinajstić information content (AvgIpc) is 2.72. The molecule has 29 heavy (non-hydrogen) atoms. The lowest BCUT2D eigenvalue weighted by atomic mass is 10.2. The number of carbonyl (C=O) groups is 1. The highest BCUT2D eigenvalue weighted by atomic mass is 16.5. The lowest BCUT2D eigenvalue weighted by Gasteiger charge is -2.11. The minimum atomic E-state index is -0.324. The summed E-state index contributed by atoms with van der Waals surface area (Å²) >= 11 is 0. The number of hydrazone groups is 1. The predicted octanol–water partition coefficient (Wildman–Crippen LogP) is 2.41. The number of aryl methyl sites for hydroxylation is 1. The Morgan fingerprint density at radius 3 is 2.86 bits per heavy atom. The molecule has 3 aromatic rings. The van der Waals surface area contributed by atoms with Crippen molar-refractivity contribution in [1.82, 2.24) is 15.4 Å². The predicted molar refractivity (Wildman–Crippen MR) is 111 cm³/mol. The first-order valence-electron chi connectivity index (χ1n) is 9.22. The minimum absolute atomic E-state index is 0.0852. The molecule has 1 aromatic heterocycles. The van der Waals surface area contributed by atoms with Gasteiger partial charge in [-0.15, -0.1) is 0 Å². The normalized spacial score (nSPS) is 11.0. The number of hydrogen-bond donors (Lipinski definition) is 2. The van der Waals surface area contributed by atoms with Gasteiger partial charge in [0, 0.05) is 18.4 Å². The number of aromatic nitrogens is 2. The van der Waals surface area contributed by atoms with E-state index in [-0.39, 0.29) is 24.3 Å². The van der Waals surface area contributed by atoms with Crippen LogP contribution in [-0.4, -0.2) is 35.8 Å². The summed E-state index contributed by atoms with van der Waals surface area (Å²) < 4.78 is 10.9. The van der Waals surface area contributed by atoms with E-state index in [0.717, 1.165) is 0 Å². The van der Waals surface area contributed by atoms with E-state index in [0.29, 0.717) is 40.4 Å². The number of methoxy groups -OCH3 is 1. The van der Waals surface area contributed by atoms with Gasteiger partial charge in [0.25, 0.3) is 5.56 Å². The number of amides is 1. The van der Waals surface area contributed by atoms with Crippen molar-refractivity contribution in [3.8, 4) is 11.5 Å². The number of nitrogens with one attached hydrogen (secondary N) is 2. The first-order valence-corrected chi connectivity index (χ1v) is 9.22. The molecule has 0 aliphatic carbocycles. The Morgan fingerprint density at radius 2 is 2.07 bits per heavy atom. The Labute approximate surface area is 167 Å². The van der Waals surface area contributed by atoms with Gasteiger partial charge in [-0.1, -0.05) is 18.2 Å². The Morgan fingerprint density at radius 1 is 1.24 bits per heavy atom. The van der Waals surface area contributed by atoms with Crippen LogP contribution >= 0.6 is 0 Å². The van der Waals surface area contributed by atoms with Crippen LogP contribution in [-0.2, 0) is 11.2 Å². The molecule has 0 bridgehead atoms. The Hall–Kier alpha value is -3.68. The summed E-state index contributed by atoms with van der Waals surface area (Å²) in [5, 5.41) is 3.97. The third-order valence-electron chi connectivity index (χ3n) is 4.16. The van der Waals surface area contributed by atoms with E-state index in [1.807, 2.05) is 31.2 Å². The van der Waals surface area contributed by atoms with E-state index in [1.54, 1.807) is 25.3 Å². The van der Waals surface area contributed by atoms with Crippen LogP contribution in [0.15, 0.2) is 52.4 Å². The maximum Gasteiger partial charge on any atom is 0.270 e. The highest BCUT2D eigenvalue weighted by molar-refractivity contribution is 5.86. The van der Waals surface area contributed by atoms with Gasteiger partial charge in [0.2, 0.25) is 5.91 Å². The van der Waals surface area contributed by atoms with Crippen LogP contribution in [0, 0.1) is 0 Å². The molecule has 2 aromatic carbocycles. The molecule has 150 valence electrons. The largest absolute Gasteiger partial charge is 0.492 e. The third kappa shape index (κ3) is 4.98. The van der Waals surface area contributed by atoms with E-state index in [1.165, 1.54) is 6.21 Å². The van der Waals surface area contributed by atoms with Crippen molar-refractivity contribution in [3.63, 3.8) is 0 Å². The average molecular weight is 394 g/mol. The summed E-state index contributed by atoms with van der Waals surface area (Å²) in [6.07, 6.45) is 1.78. The maximum atomic E-state index is 12.1. The summed E-state index contributed by atoms with van der Waals surface area (Å²) in [6, 6.07) is 12.7. The van der Waals surface area contributed by atoms with Crippen molar-refractivity contribution in [3.05, 3.63) is 64.1 Å². The molecule has 8 heteroatoms. The molecule has 0 radical (unpaired) electrons. The van der Waals surface area contributed by atoms with E-state index in [4.69, 9.17) is 9.47 Å². The van der Waals surface area contributed by atoms with Crippen LogP contribution in [0.2, 0.25) is 0 Å². The SMILES string of the molecule is CCOc1cccc(/C=N\NC(=O)CCc2nc3ccccc3[nH]c2=O)c1OC. The molecule has 1 amide bonds. The standard InChI is InChI=1S/C21H22N4O4/c1-3-29-18-10-6-7-14(20(18)28-2)13-22-25-19(26)12-11-17-21(27)24-16-9-5-4-8-15(16)23-17/h4-10,13H,3,11-12H2,1-2H3,(H,24,27)(H,25,26)/b22-13-. The topological polar surface area (TPSA) is 106 Å². The zero-order valence-corrected chi connectivity index (χ0v) is 16.3. The Bertz CT molecular complexity index is 1090. The summed E-state index contributed by atoms with van der Waals surface area (Å²) in [5.74, 6) is 0.821. The minimum Gasteiger partial charge on any atom is -0.492 e. The van der Waals surface area contributed by atoms with Gasteiger partial charge >= 0.3 is 0 Å². The second-order valence-electron chi connectivity index (χ2n) is 6.13. The summed E-state index contributed by atoms with van der Waals surface area (Å²) in [4.78, 5) is 31.3. The van der Waals surface area contributed by atoms with Crippen LogP contribution in [0.1, 0.15) is 24.6 Å². The van der Waals surface area contributed by atoms with Gasteiger partial charge in [0.1, 0.15) is 5.69 Å². The smallest absolute Gasteiger partial charge is 0.270 e. The summed E-state index contributed by atoms with van der Waals surface area (Å²) in [6.45, 7) is 2.39. The summed E-state index contributed by atoms with van der Waals surface area (Å²) in [7, 11) is 1.54. The van der Waals surface area contributed by atoms with Gasteiger partial charge in [-0.3, -0.25) is 9.59 Å². The lowest BCUT2D eigenvalue weighted by Crippen LogP contribution is -2.21. The van der Waals surface area contributed by atoms with E-state index in [2.05, 4.69) is 20.5 Å². The third-order valence-corrected chi connectivity index (χ3v) is 4.16. The fourth-order valence-electron chi connectivity index (χ4n) is 2.82. The molecule has 0 atom stereocenters. The van der Waals surface area contributed by atoms with Gasteiger partial charge in [-0.05, 0) is 31.2 Å². The lowest BCUT2D eigenvalue weighted by molar-refractivity contribution is -0.121. The Kier molecular flexibility index (Phi) is 6.57. The molecule has 1 heterocycles. The molecule has 0 unspecified atom stereocenters. The molecule has 2 N–H and O–H groups in total. The maximum absolute atomic E-state index is 12.1. The quantitative estimate of drug-likeness (QED) is 0.451. The zero-order chi connectivity index (χ0) is 20.6. The number of hydrogen-bond acceptors (Lipinski definition) is 6. The molecule has 0 fully saturated rings. The van der Waals surface area contributed by atoms with Gasteiger partial charge < -0.3 is 14.5 Å². The molecule has 0 aliphatic heterocycles. The molecule has 0 spiro atoms. The first kappa shape index (κ1) is 20.1. The molecule has 0 saturated carbocycles. The van der Waals surface area contributed by atoms with Crippen molar-refractivity contribution in [2.24, 2.45) is 5.10 Å². The molecular weight excluding hydrogens is 372 g/mol. The number of rotatable bonds is 8. The van der Waals surface area contributed by atoms with Crippen molar-refractivity contribution < 1.29 is 14.3 Å².